The van der Waals surface area contributed by atoms with E-state index in [-0.39, 0.29) is 12.4 Å². The van der Waals surface area contributed by atoms with E-state index in [1.54, 1.807) is 18.2 Å². The van der Waals surface area contributed by atoms with Crippen LogP contribution in [0.15, 0.2) is 30.3 Å². The van der Waals surface area contributed by atoms with Crippen molar-refractivity contribution >= 4 is 11.8 Å². The monoisotopic (exact) mass is 310 g/mol. The van der Waals surface area contributed by atoms with E-state index in [2.05, 4.69) is 6.07 Å². The van der Waals surface area contributed by atoms with Gasteiger partial charge < -0.3 is 4.74 Å². The molecule has 0 heterocycles. The standard InChI is InChI=1S/C20H22O3/c1-12-7-6-8-17(9-12)20(22)23-11-18(21)19-15(4)13(2)10-14(3)16(19)5/h6-10H,11H2,1-5H3. The van der Waals surface area contributed by atoms with E-state index in [0.717, 1.165) is 27.8 Å². The van der Waals surface area contributed by atoms with Gasteiger partial charge in [-0.15, -0.1) is 0 Å². The van der Waals surface area contributed by atoms with Gasteiger partial charge >= 0.3 is 5.97 Å². The molecule has 0 bridgehead atoms. The summed E-state index contributed by atoms with van der Waals surface area (Å²) in [5, 5.41) is 0. The normalized spacial score (nSPS) is 10.5. The highest BCUT2D eigenvalue weighted by Gasteiger charge is 2.18. The molecule has 3 nitrogen and oxygen atoms in total. The first-order valence-electron chi connectivity index (χ1n) is 7.65. The molecule has 2 aromatic carbocycles. The SMILES string of the molecule is Cc1cccc(C(=O)OCC(=O)c2c(C)c(C)cc(C)c2C)c1. The number of rotatable bonds is 4. The van der Waals surface area contributed by atoms with Crippen LogP contribution in [-0.2, 0) is 4.74 Å². The molecule has 0 N–H and O–H groups in total. The summed E-state index contributed by atoms with van der Waals surface area (Å²) < 4.78 is 5.20. The maximum Gasteiger partial charge on any atom is 0.338 e. The fraction of sp³-hybridized carbons (Fsp3) is 0.300. The molecule has 0 unspecified atom stereocenters. The van der Waals surface area contributed by atoms with Crippen LogP contribution in [0.4, 0.5) is 0 Å². The number of Topliss-reactive ketones (excluding diaryl/α,β-unsaturated/α-hetero) is 1. The van der Waals surface area contributed by atoms with Gasteiger partial charge in [0.05, 0.1) is 5.56 Å². The topological polar surface area (TPSA) is 43.4 Å². The van der Waals surface area contributed by atoms with Crippen LogP contribution in [-0.4, -0.2) is 18.4 Å². The molecule has 0 radical (unpaired) electrons. The molecular weight excluding hydrogens is 288 g/mol. The molecule has 0 saturated heterocycles. The highest BCUT2D eigenvalue weighted by molar-refractivity contribution is 6.02. The smallest absolute Gasteiger partial charge is 0.338 e. The summed E-state index contributed by atoms with van der Waals surface area (Å²) in [7, 11) is 0. The van der Waals surface area contributed by atoms with Crippen LogP contribution in [0, 0.1) is 34.6 Å². The van der Waals surface area contributed by atoms with Crippen molar-refractivity contribution in [1.29, 1.82) is 0 Å². The zero-order valence-corrected chi connectivity index (χ0v) is 14.3. The van der Waals surface area contributed by atoms with Crippen molar-refractivity contribution in [3.63, 3.8) is 0 Å². The lowest BCUT2D eigenvalue weighted by atomic mass is 9.92. The summed E-state index contributed by atoms with van der Waals surface area (Å²) in [6.07, 6.45) is 0. The van der Waals surface area contributed by atoms with Gasteiger partial charge in [-0.3, -0.25) is 4.79 Å². The van der Waals surface area contributed by atoms with Crippen LogP contribution in [0.5, 0.6) is 0 Å². The largest absolute Gasteiger partial charge is 0.454 e. The minimum Gasteiger partial charge on any atom is -0.454 e. The van der Waals surface area contributed by atoms with Crippen molar-refractivity contribution < 1.29 is 14.3 Å². The molecule has 0 atom stereocenters. The Labute approximate surface area is 137 Å². The lowest BCUT2D eigenvalue weighted by Gasteiger charge is -2.14. The van der Waals surface area contributed by atoms with Gasteiger partial charge in [0.1, 0.15) is 0 Å². The first kappa shape index (κ1) is 16.9. The summed E-state index contributed by atoms with van der Waals surface area (Å²) in [5.41, 5.74) is 6.15. The van der Waals surface area contributed by atoms with Gasteiger partial charge in [-0.2, -0.15) is 0 Å². The van der Waals surface area contributed by atoms with E-state index in [1.165, 1.54) is 0 Å². The van der Waals surface area contributed by atoms with Crippen molar-refractivity contribution in [1.82, 2.24) is 0 Å². The highest BCUT2D eigenvalue weighted by Crippen LogP contribution is 2.22. The number of hydrogen-bond acceptors (Lipinski definition) is 3. The van der Waals surface area contributed by atoms with E-state index in [0.29, 0.717) is 11.1 Å². The fourth-order valence-corrected chi connectivity index (χ4v) is 2.69. The van der Waals surface area contributed by atoms with Gasteiger partial charge in [0.15, 0.2) is 6.61 Å². The molecule has 0 saturated carbocycles. The van der Waals surface area contributed by atoms with E-state index >= 15 is 0 Å². The highest BCUT2D eigenvalue weighted by atomic mass is 16.5. The van der Waals surface area contributed by atoms with Gasteiger partial charge in [0, 0.05) is 5.56 Å². The predicted octanol–water partition coefficient (Wildman–Crippen LogP) is 4.27. The summed E-state index contributed by atoms with van der Waals surface area (Å²) in [6.45, 7) is 9.49. The Morgan fingerprint density at radius 3 is 2.09 bits per heavy atom. The Hall–Kier alpha value is -2.42. The fourth-order valence-electron chi connectivity index (χ4n) is 2.69. The van der Waals surface area contributed by atoms with Gasteiger partial charge in [-0.25, -0.2) is 4.79 Å². The first-order chi connectivity index (χ1) is 10.8. The second-order valence-electron chi connectivity index (χ2n) is 6.00. The summed E-state index contributed by atoms with van der Waals surface area (Å²) in [4.78, 5) is 24.6. The van der Waals surface area contributed by atoms with Crippen molar-refractivity contribution in [2.24, 2.45) is 0 Å². The van der Waals surface area contributed by atoms with Crippen LogP contribution in [0.1, 0.15) is 48.5 Å². The molecule has 3 heteroatoms. The Morgan fingerprint density at radius 1 is 0.913 bits per heavy atom. The van der Waals surface area contributed by atoms with E-state index in [1.807, 2.05) is 40.7 Å². The Balaban J connectivity index is 2.16. The third-order valence-corrected chi connectivity index (χ3v) is 4.23. The number of benzene rings is 2. The number of ether oxygens (including phenoxy) is 1. The molecule has 0 spiro atoms. The number of carbonyl (C=O) groups excluding carboxylic acids is 2. The average Bonchev–Trinajstić information content (AvgIpc) is 2.51. The van der Waals surface area contributed by atoms with Crippen molar-refractivity contribution in [2.45, 2.75) is 34.6 Å². The molecular formula is C20H22O3. The predicted molar refractivity (Wildman–Crippen MR) is 91.2 cm³/mol. The van der Waals surface area contributed by atoms with Crippen molar-refractivity contribution in [3.8, 4) is 0 Å². The van der Waals surface area contributed by atoms with Crippen LogP contribution < -0.4 is 0 Å². The average molecular weight is 310 g/mol. The third kappa shape index (κ3) is 3.67. The number of hydrogen-bond donors (Lipinski definition) is 0. The van der Waals surface area contributed by atoms with E-state index in [4.69, 9.17) is 4.74 Å². The number of aryl methyl sites for hydroxylation is 3. The quantitative estimate of drug-likeness (QED) is 0.625. The zero-order valence-electron chi connectivity index (χ0n) is 14.3. The number of carbonyl (C=O) groups is 2. The lowest BCUT2D eigenvalue weighted by Crippen LogP contribution is -2.17. The Bertz CT molecular complexity index is 746. The maximum absolute atomic E-state index is 12.5. The van der Waals surface area contributed by atoms with Crippen molar-refractivity contribution in [3.05, 3.63) is 69.3 Å². The molecule has 0 aliphatic heterocycles. The zero-order chi connectivity index (χ0) is 17.1. The summed E-state index contributed by atoms with van der Waals surface area (Å²) in [5.74, 6) is -0.630. The van der Waals surface area contributed by atoms with Gasteiger partial charge in [-0.1, -0.05) is 23.8 Å². The molecule has 2 rings (SSSR count). The third-order valence-electron chi connectivity index (χ3n) is 4.23. The number of ketones is 1. The Kier molecular flexibility index (Phi) is 4.99. The van der Waals surface area contributed by atoms with E-state index in [9.17, 15) is 9.59 Å². The second-order valence-corrected chi connectivity index (χ2v) is 6.00. The van der Waals surface area contributed by atoms with Gasteiger partial charge in [-0.05, 0) is 69.0 Å². The molecule has 0 aliphatic rings. The minimum atomic E-state index is -0.471. The number of esters is 1. The summed E-state index contributed by atoms with van der Waals surface area (Å²) >= 11 is 0. The Morgan fingerprint density at radius 2 is 1.52 bits per heavy atom. The van der Waals surface area contributed by atoms with E-state index < -0.39 is 5.97 Å². The van der Waals surface area contributed by atoms with Crippen molar-refractivity contribution in [2.75, 3.05) is 6.61 Å². The molecule has 0 aliphatic carbocycles. The molecule has 0 amide bonds. The minimum absolute atomic E-state index is 0.159. The van der Waals surface area contributed by atoms with Crippen LogP contribution >= 0.6 is 0 Å². The molecule has 0 fully saturated rings. The molecule has 0 aromatic heterocycles. The van der Waals surface area contributed by atoms with Crippen LogP contribution in [0.3, 0.4) is 0 Å². The lowest BCUT2D eigenvalue weighted by molar-refractivity contribution is 0.0474. The first-order valence-corrected chi connectivity index (χ1v) is 7.65. The van der Waals surface area contributed by atoms with Crippen LogP contribution in [0.2, 0.25) is 0 Å². The maximum atomic E-state index is 12.5. The molecule has 23 heavy (non-hydrogen) atoms. The van der Waals surface area contributed by atoms with Crippen LogP contribution in [0.25, 0.3) is 0 Å². The molecule has 120 valence electrons. The molecule has 2 aromatic rings. The summed E-state index contributed by atoms with van der Waals surface area (Å²) in [6, 6.07) is 9.21. The second kappa shape index (κ2) is 6.78. The van der Waals surface area contributed by atoms with Gasteiger partial charge in [0.2, 0.25) is 5.78 Å². The van der Waals surface area contributed by atoms with Gasteiger partial charge in [0.25, 0.3) is 0 Å².